The number of nitrogens with zero attached hydrogens (tertiary/aromatic N) is 1. The lowest BCUT2D eigenvalue weighted by Crippen LogP contribution is -2.60. The highest BCUT2D eigenvalue weighted by atomic mass is 16.7. The highest BCUT2D eigenvalue weighted by molar-refractivity contribution is 5.97. The van der Waals surface area contributed by atoms with Gasteiger partial charge in [-0.25, -0.2) is 10.3 Å². The van der Waals surface area contributed by atoms with Crippen molar-refractivity contribution in [2.45, 2.75) is 52.7 Å². The number of urea groups is 1. The molecule has 0 saturated heterocycles. The molecule has 2 amide bonds. The Balaban J connectivity index is 2.39. The zero-order valence-corrected chi connectivity index (χ0v) is 11.0. The molecule has 1 atom stereocenters. The number of hydrogen-bond donors (Lipinski definition) is 3. The van der Waals surface area contributed by atoms with Gasteiger partial charge in [-0.1, -0.05) is 19.0 Å². The molecule has 3 N–H and O–H groups in total. The molecule has 1 unspecified atom stereocenters. The maximum atomic E-state index is 11.5. The first-order valence-electron chi connectivity index (χ1n) is 5.63. The van der Waals surface area contributed by atoms with Crippen molar-refractivity contribution < 1.29 is 14.8 Å². The van der Waals surface area contributed by atoms with E-state index in [0.29, 0.717) is 12.1 Å². The van der Waals surface area contributed by atoms with Crippen LogP contribution >= 0.6 is 0 Å². The molecular weight excluding hydrogens is 222 g/mol. The van der Waals surface area contributed by atoms with Crippen LogP contribution in [0.2, 0.25) is 0 Å². The van der Waals surface area contributed by atoms with Crippen LogP contribution < -0.4 is 10.8 Å². The summed E-state index contributed by atoms with van der Waals surface area (Å²) in [7, 11) is 0. The Labute approximate surface area is 101 Å². The predicted octanol–water partition coefficient (Wildman–Crippen LogP) is 1.64. The molecule has 0 heterocycles. The number of amides is 2. The molecule has 0 aromatic heterocycles. The van der Waals surface area contributed by atoms with Crippen LogP contribution in [0, 0.1) is 5.41 Å². The summed E-state index contributed by atoms with van der Waals surface area (Å²) in [5.41, 5.74) is 2.30. The van der Waals surface area contributed by atoms with E-state index >= 15 is 0 Å². The quantitative estimate of drug-likeness (QED) is 0.509. The van der Waals surface area contributed by atoms with E-state index in [9.17, 15) is 4.79 Å². The molecule has 6 heteroatoms. The highest BCUT2D eigenvalue weighted by Gasteiger charge is 2.46. The molecule has 0 bridgehead atoms. The van der Waals surface area contributed by atoms with Crippen molar-refractivity contribution in [3.63, 3.8) is 0 Å². The van der Waals surface area contributed by atoms with Gasteiger partial charge >= 0.3 is 6.03 Å². The number of carbonyl (C=O) groups is 1. The number of hydroxylamine groups is 1. The molecule has 0 aliphatic heterocycles. The SMILES string of the molecule is CC(C)(C)ONC(=O)NC1CC(=NO)C1(C)C. The van der Waals surface area contributed by atoms with Crippen LogP contribution in [-0.2, 0) is 4.84 Å². The second kappa shape index (κ2) is 4.52. The van der Waals surface area contributed by atoms with Gasteiger partial charge in [-0.15, -0.1) is 0 Å². The van der Waals surface area contributed by atoms with Crippen molar-refractivity contribution in [1.29, 1.82) is 0 Å². The summed E-state index contributed by atoms with van der Waals surface area (Å²) in [5.74, 6) is 0. The largest absolute Gasteiger partial charge is 0.411 e. The zero-order chi connectivity index (χ0) is 13.3. The van der Waals surface area contributed by atoms with Crippen LogP contribution in [0.15, 0.2) is 5.16 Å². The number of oxime groups is 1. The molecule has 1 aliphatic rings. The summed E-state index contributed by atoms with van der Waals surface area (Å²) in [6, 6.07) is -0.424. The molecule has 0 aromatic carbocycles. The van der Waals surface area contributed by atoms with E-state index in [1.54, 1.807) is 0 Å². The average Bonchev–Trinajstić information content (AvgIpc) is 2.19. The van der Waals surface area contributed by atoms with Crippen molar-refractivity contribution >= 4 is 11.7 Å². The molecule has 1 aliphatic carbocycles. The third kappa shape index (κ3) is 3.33. The smallest absolute Gasteiger partial charge is 0.338 e. The lowest BCUT2D eigenvalue weighted by molar-refractivity contribution is -0.0537. The molecule has 17 heavy (non-hydrogen) atoms. The maximum Gasteiger partial charge on any atom is 0.338 e. The first-order valence-corrected chi connectivity index (χ1v) is 5.63. The Morgan fingerprint density at radius 1 is 1.53 bits per heavy atom. The Morgan fingerprint density at radius 3 is 2.53 bits per heavy atom. The van der Waals surface area contributed by atoms with Gasteiger partial charge in [0.15, 0.2) is 0 Å². The standard InChI is InChI=1S/C11H21N3O3/c1-10(2,3)17-14-9(15)12-7-6-8(13-16)11(7,4)5/h7,16H,6H2,1-5H3,(H2,12,14,15). The van der Waals surface area contributed by atoms with Crippen LogP contribution in [0.3, 0.4) is 0 Å². The zero-order valence-electron chi connectivity index (χ0n) is 11.0. The van der Waals surface area contributed by atoms with Crippen molar-refractivity contribution in [2.75, 3.05) is 0 Å². The van der Waals surface area contributed by atoms with E-state index in [2.05, 4.69) is 16.0 Å². The van der Waals surface area contributed by atoms with E-state index in [1.165, 1.54) is 0 Å². The maximum absolute atomic E-state index is 11.5. The van der Waals surface area contributed by atoms with Gasteiger partial charge in [0.1, 0.15) is 0 Å². The summed E-state index contributed by atoms with van der Waals surface area (Å²) < 4.78 is 0. The van der Waals surface area contributed by atoms with Gasteiger partial charge in [0, 0.05) is 17.9 Å². The van der Waals surface area contributed by atoms with Crippen molar-refractivity contribution in [3.05, 3.63) is 0 Å². The molecule has 98 valence electrons. The Kier molecular flexibility index (Phi) is 3.66. The average molecular weight is 243 g/mol. The summed E-state index contributed by atoms with van der Waals surface area (Å²) in [4.78, 5) is 16.7. The summed E-state index contributed by atoms with van der Waals surface area (Å²) in [5, 5.41) is 14.7. The number of nitrogens with one attached hydrogen (secondary N) is 2. The molecule has 0 spiro atoms. The third-order valence-electron chi connectivity index (χ3n) is 2.89. The van der Waals surface area contributed by atoms with E-state index in [4.69, 9.17) is 10.0 Å². The Morgan fingerprint density at radius 2 is 2.12 bits per heavy atom. The van der Waals surface area contributed by atoms with Gasteiger partial charge in [0.05, 0.1) is 11.3 Å². The molecular formula is C11H21N3O3. The minimum atomic E-state index is -0.426. The molecule has 1 fully saturated rings. The molecule has 0 aromatic rings. The minimum absolute atomic E-state index is 0.0445. The fourth-order valence-corrected chi connectivity index (χ4v) is 1.57. The van der Waals surface area contributed by atoms with E-state index < -0.39 is 5.60 Å². The van der Waals surface area contributed by atoms with Gasteiger partial charge < -0.3 is 10.5 Å². The van der Waals surface area contributed by atoms with E-state index in [-0.39, 0.29) is 17.5 Å². The number of rotatable bonds is 2. The lowest BCUT2D eigenvalue weighted by atomic mass is 9.65. The van der Waals surface area contributed by atoms with E-state index in [0.717, 1.165) is 0 Å². The highest BCUT2D eigenvalue weighted by Crippen LogP contribution is 2.37. The monoisotopic (exact) mass is 243 g/mol. The lowest BCUT2D eigenvalue weighted by Gasteiger charge is -2.44. The van der Waals surface area contributed by atoms with E-state index in [1.807, 2.05) is 34.6 Å². The second-order valence-corrected chi connectivity index (χ2v) is 5.82. The van der Waals surface area contributed by atoms with Gasteiger partial charge in [-0.3, -0.25) is 4.84 Å². The normalized spacial score (nSPS) is 25.2. The third-order valence-corrected chi connectivity index (χ3v) is 2.89. The summed E-state index contributed by atoms with van der Waals surface area (Å²) in [6.45, 7) is 9.37. The van der Waals surface area contributed by atoms with Gasteiger partial charge in [-0.05, 0) is 20.8 Å². The molecule has 0 radical (unpaired) electrons. The van der Waals surface area contributed by atoms with Crippen molar-refractivity contribution in [1.82, 2.24) is 10.8 Å². The van der Waals surface area contributed by atoms with Crippen LogP contribution in [0.4, 0.5) is 4.79 Å². The van der Waals surface area contributed by atoms with Crippen LogP contribution in [0.1, 0.15) is 41.0 Å². The van der Waals surface area contributed by atoms with Crippen molar-refractivity contribution in [3.8, 4) is 0 Å². The van der Waals surface area contributed by atoms with Crippen LogP contribution in [-0.4, -0.2) is 28.6 Å². The molecule has 1 saturated carbocycles. The van der Waals surface area contributed by atoms with Crippen LogP contribution in [0.5, 0.6) is 0 Å². The molecule has 1 rings (SSSR count). The summed E-state index contributed by atoms with van der Waals surface area (Å²) in [6.07, 6.45) is 0.562. The van der Waals surface area contributed by atoms with Gasteiger partial charge in [0.25, 0.3) is 0 Å². The van der Waals surface area contributed by atoms with Gasteiger partial charge in [0.2, 0.25) is 0 Å². The number of hydrogen-bond acceptors (Lipinski definition) is 4. The summed E-state index contributed by atoms with van der Waals surface area (Å²) >= 11 is 0. The minimum Gasteiger partial charge on any atom is -0.411 e. The first kappa shape index (κ1) is 13.8. The topological polar surface area (TPSA) is 83.0 Å². The number of carbonyl (C=O) groups excluding carboxylic acids is 1. The predicted molar refractivity (Wildman–Crippen MR) is 63.9 cm³/mol. The Hall–Kier alpha value is -1.30. The first-order chi connectivity index (χ1) is 7.66. The van der Waals surface area contributed by atoms with Crippen LogP contribution in [0.25, 0.3) is 0 Å². The Bertz CT molecular complexity index is 331. The van der Waals surface area contributed by atoms with Gasteiger partial charge in [-0.2, -0.15) is 0 Å². The second-order valence-electron chi connectivity index (χ2n) is 5.82. The fraction of sp³-hybridized carbons (Fsp3) is 0.818. The fourth-order valence-electron chi connectivity index (χ4n) is 1.57. The molecule has 6 nitrogen and oxygen atoms in total. The van der Waals surface area contributed by atoms with Crippen molar-refractivity contribution in [2.24, 2.45) is 10.6 Å².